The number of rotatable bonds is 1. The maximum Gasteiger partial charge on any atom is 0.0781 e. The highest BCUT2D eigenvalue weighted by atomic mass is 32.1. The van der Waals surface area contributed by atoms with E-state index in [0.717, 1.165) is 11.3 Å². The summed E-state index contributed by atoms with van der Waals surface area (Å²) in [5, 5.41) is 1.27. The third-order valence-corrected chi connectivity index (χ3v) is 2.94. The first-order chi connectivity index (χ1) is 6.90. The summed E-state index contributed by atoms with van der Waals surface area (Å²) < 4.78 is 1.30. The van der Waals surface area contributed by atoms with Crippen molar-refractivity contribution in [3.8, 4) is 11.8 Å². The Morgan fingerprint density at radius 3 is 2.93 bits per heavy atom. The summed E-state index contributed by atoms with van der Waals surface area (Å²) in [5.41, 5.74) is 5.37. The molecule has 70 valence electrons. The number of hydrogen-bond donors (Lipinski definition) is 1. The largest absolute Gasteiger partial charge is 0.330 e. The minimum absolute atomic E-state index is 0.637. The third kappa shape index (κ3) is 1.95. The zero-order valence-electron chi connectivity index (χ0n) is 7.79. The Kier molecular flexibility index (Phi) is 2.83. The van der Waals surface area contributed by atoms with E-state index < -0.39 is 0 Å². The summed E-state index contributed by atoms with van der Waals surface area (Å²) in [6.45, 7) is 0.637. The van der Waals surface area contributed by atoms with Crippen molar-refractivity contribution in [2.45, 2.75) is 6.42 Å². The lowest BCUT2D eigenvalue weighted by Crippen LogP contribution is -1.95. The van der Waals surface area contributed by atoms with Gasteiger partial charge in [-0.25, -0.2) is 0 Å². The van der Waals surface area contributed by atoms with Crippen LogP contribution < -0.4 is 5.73 Å². The van der Waals surface area contributed by atoms with Crippen LogP contribution in [-0.4, -0.2) is 6.54 Å². The van der Waals surface area contributed by atoms with E-state index in [-0.39, 0.29) is 0 Å². The zero-order valence-corrected chi connectivity index (χ0v) is 8.60. The van der Waals surface area contributed by atoms with Gasteiger partial charge in [-0.05, 0) is 17.5 Å². The molecule has 2 aromatic rings. The van der Waals surface area contributed by atoms with Crippen molar-refractivity contribution in [3.05, 3.63) is 35.2 Å². The normalized spacial score (nSPS) is 9.79. The van der Waals surface area contributed by atoms with Crippen molar-refractivity contribution in [2.75, 3.05) is 6.54 Å². The van der Waals surface area contributed by atoms with E-state index in [9.17, 15) is 0 Å². The Labute approximate surface area is 87.6 Å². The molecule has 0 radical (unpaired) electrons. The Hall–Kier alpha value is -1.30. The number of hydrogen-bond acceptors (Lipinski definition) is 2. The summed E-state index contributed by atoms with van der Waals surface area (Å²) in [6, 6.07) is 10.5. The molecule has 2 heteroatoms. The van der Waals surface area contributed by atoms with E-state index in [0.29, 0.717) is 6.54 Å². The molecule has 0 aliphatic carbocycles. The Bertz CT molecular complexity index is 454. The second-order valence-corrected chi connectivity index (χ2v) is 4.07. The molecule has 1 nitrogen and oxygen atoms in total. The monoisotopic (exact) mass is 201 g/mol. The van der Waals surface area contributed by atoms with Crippen molar-refractivity contribution >= 4 is 21.4 Å². The number of fused-ring (bicyclic) bond motifs is 1. The standard InChI is InChI=1S/C12H11NS/c13-8-4-3-6-11-9-10-5-1-2-7-12(10)14-11/h1-2,5,7,9H,4,8,13H2. The lowest BCUT2D eigenvalue weighted by Gasteiger charge is -1.82. The van der Waals surface area contributed by atoms with E-state index in [1.807, 2.05) is 6.07 Å². The van der Waals surface area contributed by atoms with Crippen LogP contribution in [0.2, 0.25) is 0 Å². The van der Waals surface area contributed by atoms with Crippen molar-refractivity contribution in [1.29, 1.82) is 0 Å². The molecular formula is C12H11NS. The van der Waals surface area contributed by atoms with Crippen LogP contribution in [0.3, 0.4) is 0 Å². The molecule has 1 heterocycles. The average Bonchev–Trinajstić information content (AvgIpc) is 2.60. The van der Waals surface area contributed by atoms with Gasteiger partial charge in [0.25, 0.3) is 0 Å². The predicted octanol–water partition coefficient (Wildman–Crippen LogP) is 2.60. The fourth-order valence-corrected chi connectivity index (χ4v) is 2.20. The molecule has 2 rings (SSSR count). The molecule has 1 aromatic heterocycles. The van der Waals surface area contributed by atoms with Crippen LogP contribution in [0.25, 0.3) is 10.1 Å². The zero-order chi connectivity index (χ0) is 9.80. The molecule has 0 bridgehead atoms. The van der Waals surface area contributed by atoms with E-state index in [4.69, 9.17) is 5.73 Å². The lowest BCUT2D eigenvalue weighted by atomic mass is 10.2. The summed E-state index contributed by atoms with van der Waals surface area (Å²) in [4.78, 5) is 1.12. The van der Waals surface area contributed by atoms with Gasteiger partial charge >= 0.3 is 0 Å². The summed E-state index contributed by atoms with van der Waals surface area (Å²) >= 11 is 1.73. The molecule has 0 unspecified atom stereocenters. The quantitative estimate of drug-likeness (QED) is 0.705. The van der Waals surface area contributed by atoms with Crippen LogP contribution >= 0.6 is 11.3 Å². The van der Waals surface area contributed by atoms with Crippen molar-refractivity contribution in [2.24, 2.45) is 5.73 Å². The highest BCUT2D eigenvalue weighted by Gasteiger charge is 1.96. The third-order valence-electron chi connectivity index (χ3n) is 1.91. The molecule has 2 N–H and O–H groups in total. The van der Waals surface area contributed by atoms with E-state index in [1.165, 1.54) is 10.1 Å². The fourth-order valence-electron chi connectivity index (χ4n) is 1.27. The highest BCUT2D eigenvalue weighted by molar-refractivity contribution is 7.19. The van der Waals surface area contributed by atoms with E-state index in [2.05, 4.69) is 36.1 Å². The van der Waals surface area contributed by atoms with Gasteiger partial charge in [0.2, 0.25) is 0 Å². The first kappa shape index (κ1) is 9.26. The molecular weight excluding hydrogens is 190 g/mol. The molecule has 0 saturated carbocycles. The molecule has 1 aromatic carbocycles. The van der Waals surface area contributed by atoms with Gasteiger partial charge in [0, 0.05) is 17.7 Å². The van der Waals surface area contributed by atoms with Crippen LogP contribution in [0.4, 0.5) is 0 Å². The second kappa shape index (κ2) is 4.28. The molecule has 0 fully saturated rings. The summed E-state index contributed by atoms with van der Waals surface area (Å²) in [6.07, 6.45) is 0.772. The number of nitrogens with two attached hydrogens (primary N) is 1. The second-order valence-electron chi connectivity index (χ2n) is 2.99. The maximum absolute atomic E-state index is 5.37. The van der Waals surface area contributed by atoms with Crippen LogP contribution in [0, 0.1) is 11.8 Å². The van der Waals surface area contributed by atoms with Gasteiger partial charge in [-0.1, -0.05) is 30.0 Å². The highest BCUT2D eigenvalue weighted by Crippen LogP contribution is 2.24. The smallest absolute Gasteiger partial charge is 0.0781 e. The molecule has 0 atom stereocenters. The summed E-state index contributed by atoms with van der Waals surface area (Å²) in [7, 11) is 0. The van der Waals surface area contributed by atoms with Gasteiger partial charge in [0.15, 0.2) is 0 Å². The number of benzene rings is 1. The van der Waals surface area contributed by atoms with Gasteiger partial charge in [-0.15, -0.1) is 11.3 Å². The minimum atomic E-state index is 0.637. The van der Waals surface area contributed by atoms with Gasteiger partial charge in [0.1, 0.15) is 0 Å². The lowest BCUT2D eigenvalue weighted by molar-refractivity contribution is 1.03. The fraction of sp³-hybridized carbons (Fsp3) is 0.167. The van der Waals surface area contributed by atoms with Crippen LogP contribution in [-0.2, 0) is 0 Å². The van der Waals surface area contributed by atoms with Crippen molar-refractivity contribution in [1.82, 2.24) is 0 Å². The van der Waals surface area contributed by atoms with E-state index in [1.54, 1.807) is 11.3 Å². The van der Waals surface area contributed by atoms with E-state index >= 15 is 0 Å². The molecule has 14 heavy (non-hydrogen) atoms. The number of thiophene rings is 1. The predicted molar refractivity (Wildman–Crippen MR) is 62.4 cm³/mol. The topological polar surface area (TPSA) is 26.0 Å². The SMILES string of the molecule is NCCC#Cc1cc2ccccc2s1. The molecule has 0 amide bonds. The summed E-state index contributed by atoms with van der Waals surface area (Å²) in [5.74, 6) is 6.17. The Morgan fingerprint density at radius 2 is 2.14 bits per heavy atom. The van der Waals surface area contributed by atoms with Gasteiger partial charge in [-0.2, -0.15) is 0 Å². The average molecular weight is 201 g/mol. The van der Waals surface area contributed by atoms with Gasteiger partial charge in [0.05, 0.1) is 4.88 Å². The van der Waals surface area contributed by atoms with Crippen LogP contribution in [0.5, 0.6) is 0 Å². The van der Waals surface area contributed by atoms with Crippen molar-refractivity contribution in [3.63, 3.8) is 0 Å². The Balaban J connectivity index is 2.33. The molecule has 0 aliphatic heterocycles. The first-order valence-electron chi connectivity index (χ1n) is 4.57. The molecule has 0 spiro atoms. The van der Waals surface area contributed by atoms with Gasteiger partial charge in [-0.3, -0.25) is 0 Å². The van der Waals surface area contributed by atoms with Crippen molar-refractivity contribution < 1.29 is 0 Å². The first-order valence-corrected chi connectivity index (χ1v) is 5.39. The van der Waals surface area contributed by atoms with Gasteiger partial charge < -0.3 is 5.73 Å². The Morgan fingerprint density at radius 1 is 1.29 bits per heavy atom. The molecule has 0 saturated heterocycles. The molecule has 0 aliphatic rings. The minimum Gasteiger partial charge on any atom is -0.330 e. The van der Waals surface area contributed by atoms with Crippen LogP contribution in [0.15, 0.2) is 30.3 Å². The van der Waals surface area contributed by atoms with Crippen LogP contribution in [0.1, 0.15) is 11.3 Å². The maximum atomic E-state index is 5.37.